The third-order valence-corrected chi connectivity index (χ3v) is 3.18. The van der Waals surface area contributed by atoms with E-state index in [1.165, 1.54) is 0 Å². The van der Waals surface area contributed by atoms with E-state index in [0.717, 1.165) is 12.8 Å². The van der Waals surface area contributed by atoms with E-state index in [4.69, 9.17) is 5.11 Å². The van der Waals surface area contributed by atoms with E-state index in [9.17, 15) is 9.59 Å². The minimum atomic E-state index is -0.993. The SMILES string of the molecule is CCCC(C)(C)NC(=O)NC(CCSC)C(=O)O. The molecule has 6 heteroatoms. The Labute approximate surface area is 113 Å². The summed E-state index contributed by atoms with van der Waals surface area (Å²) in [4.78, 5) is 22.7. The molecule has 0 radical (unpaired) electrons. The fourth-order valence-corrected chi connectivity index (χ4v) is 2.15. The Morgan fingerprint density at radius 2 is 2.00 bits per heavy atom. The zero-order valence-corrected chi connectivity index (χ0v) is 12.4. The molecule has 5 nitrogen and oxygen atoms in total. The van der Waals surface area contributed by atoms with Crippen molar-refractivity contribution in [1.82, 2.24) is 10.6 Å². The first-order valence-electron chi connectivity index (χ1n) is 6.13. The van der Waals surface area contributed by atoms with Crippen molar-refractivity contribution < 1.29 is 14.7 Å². The fraction of sp³-hybridized carbons (Fsp3) is 0.833. The van der Waals surface area contributed by atoms with E-state index >= 15 is 0 Å². The van der Waals surface area contributed by atoms with Crippen LogP contribution in [0.25, 0.3) is 0 Å². The molecule has 106 valence electrons. The number of carbonyl (C=O) groups excluding carboxylic acids is 1. The van der Waals surface area contributed by atoms with Gasteiger partial charge in [0.2, 0.25) is 0 Å². The number of rotatable bonds is 8. The lowest BCUT2D eigenvalue weighted by Crippen LogP contribution is -2.52. The van der Waals surface area contributed by atoms with Gasteiger partial charge in [-0.3, -0.25) is 0 Å². The van der Waals surface area contributed by atoms with Gasteiger partial charge >= 0.3 is 12.0 Å². The second kappa shape index (κ2) is 8.24. The average molecular weight is 276 g/mol. The molecular weight excluding hydrogens is 252 g/mol. The van der Waals surface area contributed by atoms with Crippen LogP contribution in [0.2, 0.25) is 0 Å². The third-order valence-electron chi connectivity index (χ3n) is 2.54. The predicted octanol–water partition coefficient (Wildman–Crippen LogP) is 2.07. The summed E-state index contributed by atoms with van der Waals surface area (Å²) < 4.78 is 0. The summed E-state index contributed by atoms with van der Waals surface area (Å²) in [5.74, 6) is -0.289. The van der Waals surface area contributed by atoms with Gasteiger partial charge in [0.15, 0.2) is 0 Å². The Bertz CT molecular complexity index is 282. The van der Waals surface area contributed by atoms with E-state index in [1.807, 2.05) is 27.0 Å². The maximum absolute atomic E-state index is 11.7. The number of aliphatic carboxylic acids is 1. The lowest BCUT2D eigenvalue weighted by atomic mass is 9.99. The van der Waals surface area contributed by atoms with Crippen LogP contribution in [0.1, 0.15) is 40.0 Å². The van der Waals surface area contributed by atoms with E-state index < -0.39 is 18.0 Å². The zero-order valence-electron chi connectivity index (χ0n) is 11.6. The fourth-order valence-electron chi connectivity index (χ4n) is 1.68. The number of hydrogen-bond donors (Lipinski definition) is 3. The van der Waals surface area contributed by atoms with Crippen LogP contribution in [0.4, 0.5) is 4.79 Å². The highest BCUT2D eigenvalue weighted by Gasteiger charge is 2.23. The van der Waals surface area contributed by atoms with Gasteiger partial charge in [0, 0.05) is 5.54 Å². The quantitative estimate of drug-likeness (QED) is 0.634. The van der Waals surface area contributed by atoms with Crippen molar-refractivity contribution in [1.29, 1.82) is 0 Å². The van der Waals surface area contributed by atoms with E-state index in [0.29, 0.717) is 12.2 Å². The van der Waals surface area contributed by atoms with Crippen molar-refractivity contribution in [2.45, 2.75) is 51.6 Å². The zero-order chi connectivity index (χ0) is 14.2. The molecule has 18 heavy (non-hydrogen) atoms. The number of nitrogens with one attached hydrogen (secondary N) is 2. The number of amides is 2. The summed E-state index contributed by atoms with van der Waals surface area (Å²) >= 11 is 1.56. The van der Waals surface area contributed by atoms with Gasteiger partial charge in [0.1, 0.15) is 6.04 Å². The van der Waals surface area contributed by atoms with Crippen LogP contribution in [-0.4, -0.2) is 40.7 Å². The van der Waals surface area contributed by atoms with Gasteiger partial charge in [-0.05, 0) is 38.7 Å². The van der Waals surface area contributed by atoms with Crippen molar-refractivity contribution in [3.05, 3.63) is 0 Å². The van der Waals surface area contributed by atoms with Crippen LogP contribution in [0.15, 0.2) is 0 Å². The topological polar surface area (TPSA) is 78.4 Å². The Balaban J connectivity index is 4.29. The van der Waals surface area contributed by atoms with Crippen molar-refractivity contribution >= 4 is 23.8 Å². The molecule has 0 rings (SSSR count). The van der Waals surface area contributed by atoms with Gasteiger partial charge in [0.25, 0.3) is 0 Å². The lowest BCUT2D eigenvalue weighted by molar-refractivity contribution is -0.139. The molecule has 0 bridgehead atoms. The minimum Gasteiger partial charge on any atom is -0.480 e. The van der Waals surface area contributed by atoms with Crippen molar-refractivity contribution in [2.24, 2.45) is 0 Å². The molecule has 2 amide bonds. The molecule has 0 saturated heterocycles. The van der Waals surface area contributed by atoms with E-state index in [-0.39, 0.29) is 5.54 Å². The van der Waals surface area contributed by atoms with Crippen molar-refractivity contribution in [2.75, 3.05) is 12.0 Å². The lowest BCUT2D eigenvalue weighted by Gasteiger charge is -2.27. The molecule has 0 saturated carbocycles. The van der Waals surface area contributed by atoms with Crippen LogP contribution in [0.3, 0.4) is 0 Å². The molecule has 0 aromatic heterocycles. The number of carboxylic acid groups (broad SMARTS) is 1. The summed E-state index contributed by atoms with van der Waals surface area (Å²) in [6.45, 7) is 5.89. The van der Waals surface area contributed by atoms with Gasteiger partial charge in [0.05, 0.1) is 0 Å². The number of carboxylic acids is 1. The van der Waals surface area contributed by atoms with Crippen molar-refractivity contribution in [3.63, 3.8) is 0 Å². The minimum absolute atomic E-state index is 0.318. The molecule has 0 spiro atoms. The summed E-state index contributed by atoms with van der Waals surface area (Å²) in [6, 6.07) is -1.24. The van der Waals surface area contributed by atoms with Gasteiger partial charge in [-0.1, -0.05) is 13.3 Å². The van der Waals surface area contributed by atoms with Crippen LogP contribution in [0, 0.1) is 0 Å². The highest BCUT2D eigenvalue weighted by Crippen LogP contribution is 2.10. The predicted molar refractivity (Wildman–Crippen MR) is 75.1 cm³/mol. The summed E-state index contributed by atoms with van der Waals surface area (Å²) in [6.07, 6.45) is 4.15. The monoisotopic (exact) mass is 276 g/mol. The molecule has 0 aliphatic heterocycles. The number of hydrogen-bond acceptors (Lipinski definition) is 3. The summed E-state index contributed by atoms with van der Waals surface area (Å²) in [5.41, 5.74) is -0.318. The molecule has 0 aliphatic carbocycles. The maximum atomic E-state index is 11.7. The summed E-state index contributed by atoms with van der Waals surface area (Å²) in [5, 5.41) is 14.3. The Kier molecular flexibility index (Phi) is 7.82. The third kappa shape index (κ3) is 7.42. The van der Waals surface area contributed by atoms with E-state index in [1.54, 1.807) is 11.8 Å². The first-order valence-corrected chi connectivity index (χ1v) is 7.52. The first-order chi connectivity index (χ1) is 8.32. The Morgan fingerprint density at radius 3 is 2.44 bits per heavy atom. The van der Waals surface area contributed by atoms with Crippen LogP contribution >= 0.6 is 11.8 Å². The number of carbonyl (C=O) groups is 2. The van der Waals surface area contributed by atoms with Crippen molar-refractivity contribution in [3.8, 4) is 0 Å². The molecule has 1 unspecified atom stereocenters. The van der Waals surface area contributed by atoms with Crippen LogP contribution in [0.5, 0.6) is 0 Å². The standard InChI is InChI=1S/C12H24N2O3S/c1-5-7-12(2,3)14-11(17)13-9(10(15)16)6-8-18-4/h9H,5-8H2,1-4H3,(H,15,16)(H2,13,14,17). The van der Waals surface area contributed by atoms with E-state index in [2.05, 4.69) is 10.6 Å². The second-order valence-corrected chi connectivity index (χ2v) is 5.89. The summed E-state index contributed by atoms with van der Waals surface area (Å²) in [7, 11) is 0. The maximum Gasteiger partial charge on any atom is 0.326 e. The molecule has 0 aromatic rings. The molecule has 0 heterocycles. The van der Waals surface area contributed by atoms with Gasteiger partial charge in [-0.25, -0.2) is 9.59 Å². The van der Waals surface area contributed by atoms with Gasteiger partial charge in [-0.2, -0.15) is 11.8 Å². The molecule has 0 aromatic carbocycles. The average Bonchev–Trinajstić information content (AvgIpc) is 2.22. The molecule has 3 N–H and O–H groups in total. The number of urea groups is 1. The molecule has 0 aliphatic rings. The molecular formula is C12H24N2O3S. The normalized spacial score (nSPS) is 12.9. The highest BCUT2D eigenvalue weighted by molar-refractivity contribution is 7.98. The number of thioether (sulfide) groups is 1. The smallest absolute Gasteiger partial charge is 0.326 e. The second-order valence-electron chi connectivity index (χ2n) is 4.90. The first kappa shape index (κ1) is 17.1. The van der Waals surface area contributed by atoms with Gasteiger partial charge < -0.3 is 15.7 Å². The Hall–Kier alpha value is -0.910. The van der Waals surface area contributed by atoms with Crippen LogP contribution < -0.4 is 10.6 Å². The van der Waals surface area contributed by atoms with Crippen LogP contribution in [-0.2, 0) is 4.79 Å². The molecule has 0 fully saturated rings. The molecule has 1 atom stereocenters. The Morgan fingerprint density at radius 1 is 1.39 bits per heavy atom. The largest absolute Gasteiger partial charge is 0.480 e. The highest BCUT2D eigenvalue weighted by atomic mass is 32.2. The van der Waals surface area contributed by atoms with Gasteiger partial charge in [-0.15, -0.1) is 0 Å².